The average molecular weight is 468 g/mol. The number of rotatable bonds is 6. The topological polar surface area (TPSA) is 81.2 Å². The van der Waals surface area contributed by atoms with E-state index in [9.17, 15) is 8.42 Å². The number of pyridine rings is 1. The van der Waals surface area contributed by atoms with Gasteiger partial charge in [0.2, 0.25) is 5.88 Å². The van der Waals surface area contributed by atoms with Gasteiger partial charge in [0.15, 0.2) is 5.13 Å². The molecule has 1 aromatic carbocycles. The number of nitrogens with zero attached hydrogens (tertiary/aromatic N) is 2. The highest BCUT2D eigenvalue weighted by Crippen LogP contribution is 2.60. The first-order valence-electron chi connectivity index (χ1n) is 11.2. The Hall–Kier alpha value is -2.45. The van der Waals surface area contributed by atoms with Crippen LogP contribution < -0.4 is 9.46 Å². The molecule has 0 unspecified atom stereocenters. The highest BCUT2D eigenvalue weighted by atomic mass is 32.2. The quantitative estimate of drug-likeness (QED) is 0.510. The molecule has 166 valence electrons. The maximum atomic E-state index is 12.9. The van der Waals surface area contributed by atoms with Crippen molar-refractivity contribution in [3.63, 3.8) is 0 Å². The van der Waals surface area contributed by atoms with Crippen LogP contribution >= 0.6 is 11.3 Å². The Labute approximate surface area is 192 Å². The van der Waals surface area contributed by atoms with Crippen LogP contribution in [0.4, 0.5) is 5.13 Å². The standard InChI is InChI=1S/C24H25N3O3S2/c28-32(29,20-6-7-22(25-14-20)30-19-4-2-1-3-5-19)27-23-26-21(15-31-23)24-11-16-8-17(12-24)10-18(9-16)13-24/h1-7,14-18H,8-13H2,(H,26,27). The van der Waals surface area contributed by atoms with Gasteiger partial charge in [-0.05, 0) is 74.5 Å². The number of benzene rings is 1. The van der Waals surface area contributed by atoms with Crippen molar-refractivity contribution in [2.75, 3.05) is 4.72 Å². The lowest BCUT2D eigenvalue weighted by Crippen LogP contribution is -2.48. The predicted molar refractivity (Wildman–Crippen MR) is 124 cm³/mol. The molecule has 6 nitrogen and oxygen atoms in total. The molecule has 1 N–H and O–H groups in total. The number of thiazole rings is 1. The summed E-state index contributed by atoms with van der Waals surface area (Å²) >= 11 is 1.38. The summed E-state index contributed by atoms with van der Waals surface area (Å²) in [5.41, 5.74) is 1.25. The highest BCUT2D eigenvalue weighted by Gasteiger charge is 2.52. The molecule has 4 aliphatic rings. The molecule has 8 heteroatoms. The number of hydrogen-bond donors (Lipinski definition) is 1. The predicted octanol–water partition coefficient (Wildman–Crippen LogP) is 5.60. The van der Waals surface area contributed by atoms with Gasteiger partial charge in [0.1, 0.15) is 10.6 Å². The molecule has 0 radical (unpaired) electrons. The maximum absolute atomic E-state index is 12.9. The second-order valence-electron chi connectivity index (χ2n) is 9.59. The molecular weight excluding hydrogens is 442 g/mol. The highest BCUT2D eigenvalue weighted by molar-refractivity contribution is 7.93. The first kappa shape index (κ1) is 20.2. The molecule has 7 rings (SSSR count). The lowest BCUT2D eigenvalue weighted by molar-refractivity contribution is -0.00688. The van der Waals surface area contributed by atoms with Gasteiger partial charge in [-0.3, -0.25) is 4.72 Å². The minimum absolute atomic E-state index is 0.0875. The van der Waals surface area contributed by atoms with Gasteiger partial charge in [-0.25, -0.2) is 18.4 Å². The van der Waals surface area contributed by atoms with Crippen molar-refractivity contribution in [3.05, 3.63) is 59.7 Å². The van der Waals surface area contributed by atoms with Gasteiger partial charge in [0.05, 0.1) is 11.9 Å². The first-order valence-corrected chi connectivity index (χ1v) is 13.5. The molecular formula is C24H25N3O3S2. The third kappa shape index (κ3) is 3.69. The molecule has 0 amide bonds. The number of para-hydroxylation sites is 1. The van der Waals surface area contributed by atoms with Crippen LogP contribution in [0.1, 0.15) is 44.2 Å². The molecule has 4 saturated carbocycles. The molecule has 0 aliphatic heterocycles. The van der Waals surface area contributed by atoms with Crippen molar-refractivity contribution in [2.45, 2.75) is 48.8 Å². The SMILES string of the molecule is O=S(=O)(Nc1nc(C23CC4CC(CC(C4)C2)C3)cs1)c1ccc(Oc2ccccc2)nc1. The van der Waals surface area contributed by atoms with Crippen LogP contribution in [0.15, 0.2) is 58.9 Å². The Bertz CT molecular complexity index is 1190. The number of aromatic nitrogens is 2. The summed E-state index contributed by atoms with van der Waals surface area (Å²) in [4.78, 5) is 9.01. The first-order chi connectivity index (χ1) is 15.5. The third-order valence-electron chi connectivity index (χ3n) is 7.29. The van der Waals surface area contributed by atoms with E-state index in [-0.39, 0.29) is 10.3 Å². The van der Waals surface area contributed by atoms with Gasteiger partial charge in [-0.15, -0.1) is 11.3 Å². The number of nitrogens with one attached hydrogen (secondary N) is 1. The molecule has 0 saturated heterocycles. The Morgan fingerprint density at radius 1 is 0.969 bits per heavy atom. The van der Waals surface area contributed by atoms with Crippen LogP contribution in [0, 0.1) is 17.8 Å². The van der Waals surface area contributed by atoms with Crippen LogP contribution in [0.3, 0.4) is 0 Å². The van der Waals surface area contributed by atoms with Gasteiger partial charge < -0.3 is 4.74 Å². The minimum atomic E-state index is -3.77. The van der Waals surface area contributed by atoms with Crippen LogP contribution in [0.25, 0.3) is 0 Å². The van der Waals surface area contributed by atoms with Crippen molar-refractivity contribution in [1.29, 1.82) is 0 Å². The molecule has 32 heavy (non-hydrogen) atoms. The summed E-state index contributed by atoms with van der Waals surface area (Å²) in [5.74, 6) is 3.46. The van der Waals surface area contributed by atoms with E-state index in [1.807, 2.05) is 30.3 Å². The number of sulfonamides is 1. The van der Waals surface area contributed by atoms with Crippen molar-refractivity contribution in [3.8, 4) is 11.6 Å². The van der Waals surface area contributed by atoms with E-state index in [2.05, 4.69) is 15.1 Å². The smallest absolute Gasteiger partial charge is 0.265 e. The van der Waals surface area contributed by atoms with E-state index in [0.29, 0.717) is 16.8 Å². The normalized spacial score (nSPS) is 28.6. The van der Waals surface area contributed by atoms with Crippen LogP contribution in [-0.4, -0.2) is 18.4 Å². The van der Waals surface area contributed by atoms with Gasteiger partial charge in [-0.2, -0.15) is 0 Å². The summed E-state index contributed by atoms with van der Waals surface area (Å²) in [7, 11) is -3.77. The van der Waals surface area contributed by atoms with Gasteiger partial charge >= 0.3 is 0 Å². The minimum Gasteiger partial charge on any atom is -0.439 e. The second kappa shape index (κ2) is 7.56. The fourth-order valence-corrected chi connectivity index (χ4v) is 8.39. The van der Waals surface area contributed by atoms with Gasteiger partial charge in [0.25, 0.3) is 10.0 Å². The summed E-state index contributed by atoms with van der Waals surface area (Å²) in [6, 6.07) is 12.3. The van der Waals surface area contributed by atoms with Crippen molar-refractivity contribution in [2.24, 2.45) is 17.8 Å². The van der Waals surface area contributed by atoms with Crippen molar-refractivity contribution in [1.82, 2.24) is 9.97 Å². The molecule has 4 aliphatic carbocycles. The number of ether oxygens (including phenoxy) is 1. The monoisotopic (exact) mass is 467 g/mol. The van der Waals surface area contributed by atoms with Gasteiger partial charge in [-0.1, -0.05) is 18.2 Å². The maximum Gasteiger partial charge on any atom is 0.265 e. The van der Waals surface area contributed by atoms with Gasteiger partial charge in [0, 0.05) is 16.9 Å². The Morgan fingerprint density at radius 3 is 2.28 bits per heavy atom. The molecule has 3 aromatic rings. The van der Waals surface area contributed by atoms with E-state index >= 15 is 0 Å². The fraction of sp³-hybridized carbons (Fsp3) is 0.417. The molecule has 2 heterocycles. The second-order valence-corrected chi connectivity index (χ2v) is 12.1. The Balaban J connectivity index is 1.18. The Kier molecular flexibility index (Phi) is 4.76. The largest absolute Gasteiger partial charge is 0.439 e. The fourth-order valence-electron chi connectivity index (χ4n) is 6.36. The third-order valence-corrected chi connectivity index (χ3v) is 9.50. The summed E-state index contributed by atoms with van der Waals surface area (Å²) in [5, 5.41) is 2.50. The van der Waals surface area contributed by atoms with Crippen molar-refractivity contribution < 1.29 is 13.2 Å². The average Bonchev–Trinajstić information content (AvgIpc) is 3.23. The zero-order valence-corrected chi connectivity index (χ0v) is 19.2. The molecule has 4 bridgehead atoms. The van der Waals surface area contributed by atoms with E-state index in [0.717, 1.165) is 23.4 Å². The molecule has 0 spiro atoms. The summed E-state index contributed by atoms with van der Waals surface area (Å²) < 4.78 is 34.1. The number of anilines is 1. The molecule has 4 fully saturated rings. The van der Waals surface area contributed by atoms with E-state index in [1.54, 1.807) is 6.07 Å². The van der Waals surface area contributed by atoms with E-state index < -0.39 is 10.0 Å². The van der Waals surface area contributed by atoms with Crippen LogP contribution in [-0.2, 0) is 15.4 Å². The lowest BCUT2D eigenvalue weighted by atomic mass is 9.49. The van der Waals surface area contributed by atoms with E-state index in [4.69, 9.17) is 9.72 Å². The van der Waals surface area contributed by atoms with Crippen LogP contribution in [0.2, 0.25) is 0 Å². The summed E-state index contributed by atoms with van der Waals surface area (Å²) in [6.07, 6.45) is 9.07. The zero-order chi connectivity index (χ0) is 21.8. The number of hydrogen-bond acceptors (Lipinski definition) is 6. The van der Waals surface area contributed by atoms with E-state index in [1.165, 1.54) is 62.1 Å². The zero-order valence-electron chi connectivity index (χ0n) is 17.6. The molecule has 0 atom stereocenters. The summed E-state index contributed by atoms with van der Waals surface area (Å²) in [6.45, 7) is 0. The lowest BCUT2D eigenvalue weighted by Gasteiger charge is -2.56. The van der Waals surface area contributed by atoms with Crippen molar-refractivity contribution >= 4 is 26.5 Å². The van der Waals surface area contributed by atoms with Crippen LogP contribution in [0.5, 0.6) is 11.6 Å². The Morgan fingerprint density at radius 2 is 1.66 bits per heavy atom. The molecule has 2 aromatic heterocycles.